The summed E-state index contributed by atoms with van der Waals surface area (Å²) in [6.45, 7) is 4.60. The van der Waals surface area contributed by atoms with Gasteiger partial charge in [0.2, 0.25) is 11.5 Å². The molecule has 0 saturated heterocycles. The number of aliphatic carboxylic acids is 2. The van der Waals surface area contributed by atoms with Gasteiger partial charge in [0.15, 0.2) is 23.0 Å². The summed E-state index contributed by atoms with van der Waals surface area (Å²) in [6, 6.07) is 26.5. The van der Waals surface area contributed by atoms with Gasteiger partial charge in [0, 0.05) is 12.2 Å². The van der Waals surface area contributed by atoms with E-state index in [-0.39, 0.29) is 13.2 Å². The van der Waals surface area contributed by atoms with Crippen LogP contribution in [0.4, 0.5) is 0 Å². The Hall–Kier alpha value is -6.78. The van der Waals surface area contributed by atoms with E-state index in [2.05, 4.69) is 47.9 Å². The lowest BCUT2D eigenvalue weighted by Gasteiger charge is -2.39. The zero-order chi connectivity index (χ0) is 48.0. The Labute approximate surface area is 375 Å². The minimum Gasteiger partial charge on any atom is -0.493 e. The van der Waals surface area contributed by atoms with Gasteiger partial charge in [-0.1, -0.05) is 74.5 Å². The first-order chi connectivity index (χ1) is 30.5. The lowest BCUT2D eigenvalue weighted by Crippen LogP contribution is -2.45. The monoisotopic (exact) mass is 890 g/mol. The molecule has 0 aliphatic carbocycles. The average molecular weight is 891 g/mol. The Bertz CT molecular complexity index is 1940. The summed E-state index contributed by atoms with van der Waals surface area (Å²) in [4.78, 5) is 48.9. The number of benzene rings is 4. The number of hydrogen-bond donors (Lipinski definition) is 2. The van der Waals surface area contributed by atoms with Crippen molar-refractivity contribution in [3.05, 3.63) is 119 Å². The molecule has 0 bridgehead atoms. The first-order valence-electron chi connectivity index (χ1n) is 20.0. The van der Waals surface area contributed by atoms with Gasteiger partial charge in [-0.25, -0.2) is 19.2 Å². The highest BCUT2D eigenvalue weighted by atomic mass is 16.6. The van der Waals surface area contributed by atoms with E-state index in [9.17, 15) is 19.2 Å². The van der Waals surface area contributed by atoms with Crippen molar-refractivity contribution in [2.24, 2.45) is 0 Å². The van der Waals surface area contributed by atoms with Gasteiger partial charge in [0.25, 0.3) is 0 Å². The molecular formula is C48H62N2O14. The number of carbonyl (C=O) groups is 4. The van der Waals surface area contributed by atoms with Crippen LogP contribution in [0.25, 0.3) is 0 Å². The molecule has 0 aromatic heterocycles. The second-order valence-corrected chi connectivity index (χ2v) is 14.3. The molecule has 4 aromatic rings. The smallest absolute Gasteiger partial charge is 0.338 e. The van der Waals surface area contributed by atoms with Gasteiger partial charge in [-0.2, -0.15) is 0 Å². The van der Waals surface area contributed by atoms with Crippen LogP contribution in [0.5, 0.6) is 34.5 Å². The number of carbonyl (C=O) groups excluding carboxylic acids is 2. The van der Waals surface area contributed by atoms with Crippen LogP contribution in [0.1, 0.15) is 58.5 Å². The molecule has 64 heavy (non-hydrogen) atoms. The summed E-state index contributed by atoms with van der Waals surface area (Å²) in [5.74, 6) is -0.913. The largest absolute Gasteiger partial charge is 0.493 e. The van der Waals surface area contributed by atoms with Crippen LogP contribution in [-0.2, 0) is 30.1 Å². The Morgan fingerprint density at radius 2 is 0.781 bits per heavy atom. The summed E-state index contributed by atoms with van der Waals surface area (Å²) in [6.07, 6.45) is 2.68. The zero-order valence-corrected chi connectivity index (χ0v) is 38.8. The number of likely N-dealkylation sites (N-methyl/N-ethyl adjacent to an activating group) is 2. The van der Waals surface area contributed by atoms with Crippen molar-refractivity contribution in [3.8, 4) is 34.5 Å². The van der Waals surface area contributed by atoms with E-state index in [4.69, 9.17) is 48.1 Å². The Balaban J connectivity index is 0.000000376. The molecule has 4 aromatic carbocycles. The van der Waals surface area contributed by atoms with Crippen LogP contribution in [-0.4, -0.2) is 128 Å². The average Bonchev–Trinajstić information content (AvgIpc) is 3.31. The topological polar surface area (TPSA) is 189 Å². The van der Waals surface area contributed by atoms with Crippen molar-refractivity contribution in [2.45, 2.75) is 37.8 Å². The van der Waals surface area contributed by atoms with Crippen molar-refractivity contribution in [1.29, 1.82) is 0 Å². The summed E-state index contributed by atoms with van der Waals surface area (Å²) in [5.41, 5.74) is 2.04. The molecule has 0 spiro atoms. The summed E-state index contributed by atoms with van der Waals surface area (Å²) < 4.78 is 43.4. The van der Waals surface area contributed by atoms with E-state index in [0.29, 0.717) is 57.8 Å². The van der Waals surface area contributed by atoms with Gasteiger partial charge >= 0.3 is 23.9 Å². The molecule has 0 radical (unpaired) electrons. The number of carboxylic acid groups (broad SMARTS) is 2. The number of ether oxygens (including phenoxy) is 8. The van der Waals surface area contributed by atoms with Crippen LogP contribution >= 0.6 is 0 Å². The maximum Gasteiger partial charge on any atom is 0.338 e. The molecular weight excluding hydrogens is 829 g/mol. The van der Waals surface area contributed by atoms with E-state index in [0.717, 1.165) is 24.0 Å². The predicted octanol–water partition coefficient (Wildman–Crippen LogP) is 7.18. The van der Waals surface area contributed by atoms with E-state index in [1.165, 1.54) is 42.7 Å². The lowest BCUT2D eigenvalue weighted by atomic mass is 9.87. The highest BCUT2D eigenvalue weighted by molar-refractivity contribution is 5.92. The Kier molecular flexibility index (Phi) is 21.7. The number of methoxy groups -OCH3 is 6. The molecule has 4 rings (SSSR count). The highest BCUT2D eigenvalue weighted by Crippen LogP contribution is 2.40. The third-order valence-electron chi connectivity index (χ3n) is 10.6. The normalized spacial score (nSPS) is 12.5. The van der Waals surface area contributed by atoms with Crippen molar-refractivity contribution in [1.82, 2.24) is 9.80 Å². The third-order valence-corrected chi connectivity index (χ3v) is 10.6. The molecule has 0 amide bonds. The molecule has 0 aliphatic rings. The molecule has 0 heterocycles. The van der Waals surface area contributed by atoms with Gasteiger partial charge in [-0.05, 0) is 76.4 Å². The Morgan fingerprint density at radius 3 is 0.984 bits per heavy atom. The molecule has 0 aliphatic heterocycles. The van der Waals surface area contributed by atoms with E-state index in [1.807, 2.05) is 64.6 Å². The summed E-state index contributed by atoms with van der Waals surface area (Å²) in [5, 5.41) is 15.6. The van der Waals surface area contributed by atoms with Gasteiger partial charge in [0.1, 0.15) is 13.2 Å². The minimum absolute atomic E-state index is 0.218. The van der Waals surface area contributed by atoms with Crippen LogP contribution in [0.3, 0.4) is 0 Å². The minimum atomic E-state index is -1.26. The maximum absolute atomic E-state index is 12.8. The van der Waals surface area contributed by atoms with Crippen molar-refractivity contribution >= 4 is 23.9 Å². The van der Waals surface area contributed by atoms with Gasteiger partial charge in [-0.3, -0.25) is 9.80 Å². The zero-order valence-electron chi connectivity index (χ0n) is 38.8. The van der Waals surface area contributed by atoms with Gasteiger partial charge in [0.05, 0.1) is 64.9 Å². The quantitative estimate of drug-likeness (QED) is 0.0670. The van der Waals surface area contributed by atoms with Crippen LogP contribution in [0.15, 0.2) is 97.1 Å². The van der Waals surface area contributed by atoms with E-state index >= 15 is 0 Å². The highest BCUT2D eigenvalue weighted by Gasteiger charge is 2.36. The van der Waals surface area contributed by atoms with Crippen molar-refractivity contribution in [2.75, 3.05) is 84.1 Å². The maximum atomic E-state index is 12.8. The fraction of sp³-hybridized carbons (Fsp3) is 0.375. The fourth-order valence-electron chi connectivity index (χ4n) is 6.76. The number of rotatable bonds is 20. The second-order valence-electron chi connectivity index (χ2n) is 14.3. The van der Waals surface area contributed by atoms with Crippen molar-refractivity contribution in [3.63, 3.8) is 0 Å². The molecule has 0 saturated carbocycles. The second kappa shape index (κ2) is 26.0. The number of esters is 2. The van der Waals surface area contributed by atoms with Gasteiger partial charge < -0.3 is 48.1 Å². The van der Waals surface area contributed by atoms with E-state index in [1.54, 1.807) is 24.3 Å². The molecule has 2 atom stereocenters. The fourth-order valence-corrected chi connectivity index (χ4v) is 6.76. The van der Waals surface area contributed by atoms with Crippen LogP contribution in [0.2, 0.25) is 0 Å². The molecule has 16 nitrogen and oxygen atoms in total. The lowest BCUT2D eigenvalue weighted by molar-refractivity contribution is -0.134. The molecule has 0 fully saturated rings. The summed E-state index contributed by atoms with van der Waals surface area (Å²) >= 11 is 0. The van der Waals surface area contributed by atoms with Crippen LogP contribution < -0.4 is 28.4 Å². The van der Waals surface area contributed by atoms with E-state index < -0.39 is 35.0 Å². The molecule has 2 N–H and O–H groups in total. The molecule has 2 unspecified atom stereocenters. The molecule has 16 heteroatoms. The Morgan fingerprint density at radius 1 is 0.500 bits per heavy atom. The first kappa shape index (κ1) is 53.4. The number of nitrogens with zero attached hydrogens (tertiary/aromatic N) is 2. The standard InChI is InChI=1S/2C22H29NO5.C4H4O4/c2*1-7-22(23(2)3,17-11-9-8-10-12-17)15-28-21(24)16-13-18(25-4)20(27-6)19(14-16)26-5;5-3(6)1-2-4(7)8/h2*8-14H,7,15H2,1-6H3;1-2H,(H,5,6)(H,7,8)/b;;2-1-. The predicted molar refractivity (Wildman–Crippen MR) is 241 cm³/mol. The SMILES string of the molecule is CCC(COC(=O)c1cc(OC)c(OC)c(OC)c1)(c1ccccc1)N(C)C.CCC(COC(=O)c1cc(OC)c(OC)c(OC)c1)(c1ccccc1)N(C)C.O=C(O)/C=C\C(=O)O. The number of carboxylic acids is 2. The number of hydrogen-bond acceptors (Lipinski definition) is 14. The van der Waals surface area contributed by atoms with Crippen LogP contribution in [0, 0.1) is 0 Å². The third kappa shape index (κ3) is 13.9. The van der Waals surface area contributed by atoms with Gasteiger partial charge in [-0.15, -0.1) is 0 Å². The molecule has 348 valence electrons. The first-order valence-corrected chi connectivity index (χ1v) is 20.0. The van der Waals surface area contributed by atoms with Crippen molar-refractivity contribution < 1.29 is 67.3 Å². The summed E-state index contributed by atoms with van der Waals surface area (Å²) in [7, 11) is 17.0.